The van der Waals surface area contributed by atoms with Crippen molar-refractivity contribution in [1.82, 2.24) is 25.1 Å². The van der Waals surface area contributed by atoms with E-state index in [1.165, 1.54) is 19.3 Å². The highest BCUT2D eigenvalue weighted by Gasteiger charge is 2.23. The van der Waals surface area contributed by atoms with E-state index in [2.05, 4.69) is 22.2 Å². The molecule has 12 nitrogen and oxygen atoms in total. The molecule has 0 bridgehead atoms. The number of methoxy groups -OCH3 is 1. The number of hydrogen-bond donors (Lipinski definition) is 4. The first-order valence-electron chi connectivity index (χ1n) is 13.3. The van der Waals surface area contributed by atoms with Crippen LogP contribution in [0.2, 0.25) is 0 Å². The van der Waals surface area contributed by atoms with Gasteiger partial charge in [-0.05, 0) is 51.9 Å². The number of anilines is 1. The molecular weight excluding hydrogens is 516 g/mol. The molecular formula is C28H38N6O6. The van der Waals surface area contributed by atoms with E-state index in [-0.39, 0.29) is 11.6 Å². The van der Waals surface area contributed by atoms with E-state index in [0.29, 0.717) is 34.8 Å². The summed E-state index contributed by atoms with van der Waals surface area (Å²) in [6.07, 6.45) is 7.91. The number of carboxylic acid groups (broad SMARTS) is 2. The summed E-state index contributed by atoms with van der Waals surface area (Å²) in [5.41, 5.74) is 3.72. The molecule has 0 unspecified atom stereocenters. The molecule has 0 spiro atoms. The molecule has 1 aromatic carbocycles. The molecule has 1 saturated carbocycles. The summed E-state index contributed by atoms with van der Waals surface area (Å²) >= 11 is 0. The van der Waals surface area contributed by atoms with Gasteiger partial charge < -0.3 is 30.2 Å². The predicted octanol–water partition coefficient (Wildman–Crippen LogP) is 3.37. The molecule has 12 heteroatoms. The molecule has 2 aromatic heterocycles. The second-order valence-electron chi connectivity index (χ2n) is 9.71. The van der Waals surface area contributed by atoms with Gasteiger partial charge in [0, 0.05) is 37.5 Å². The Balaban J connectivity index is 0.000000482. The number of carboxylic acids is 2. The molecule has 40 heavy (non-hydrogen) atoms. The van der Waals surface area contributed by atoms with Gasteiger partial charge in [-0.3, -0.25) is 9.48 Å². The van der Waals surface area contributed by atoms with Crippen molar-refractivity contribution < 1.29 is 24.5 Å². The maximum absolute atomic E-state index is 13.2. The highest BCUT2D eigenvalue weighted by Crippen LogP contribution is 2.33. The van der Waals surface area contributed by atoms with Crippen molar-refractivity contribution in [1.29, 1.82) is 0 Å². The van der Waals surface area contributed by atoms with Crippen molar-refractivity contribution in [3.63, 3.8) is 0 Å². The molecule has 2 heterocycles. The highest BCUT2D eigenvalue weighted by molar-refractivity contribution is 5.89. The summed E-state index contributed by atoms with van der Waals surface area (Å²) in [6.45, 7) is 3.83. The Kier molecular flexibility index (Phi) is 10.8. The van der Waals surface area contributed by atoms with Crippen molar-refractivity contribution in [2.75, 3.05) is 39.2 Å². The highest BCUT2D eigenvalue weighted by atomic mass is 16.5. The number of ether oxygens (including phenoxy) is 1. The summed E-state index contributed by atoms with van der Waals surface area (Å²) in [4.78, 5) is 42.3. The van der Waals surface area contributed by atoms with E-state index in [1.807, 2.05) is 36.9 Å². The molecule has 0 saturated heterocycles. The standard InChI is InChI=1S/C24H34N6O2.C4H4O4/c1-16-21-22(30(28-16)17-9-6-5-7-10-17)24(31)27-23(26-21)19-12-11-18(15-20(19)32-4)29(3)14-8-13-25-2;5-3(6)1-2-4(7)8/h11-12,15,17,25H,5-10,13-14H2,1-4H3,(H,26,27,31);1-2H,(H,5,6)(H,7,8)/b;2-1+. The number of carbonyl (C=O) groups is 2. The Morgan fingerprint density at radius 2 is 1.88 bits per heavy atom. The van der Waals surface area contributed by atoms with Gasteiger partial charge in [0.15, 0.2) is 5.52 Å². The molecule has 1 aliphatic rings. The maximum atomic E-state index is 13.2. The van der Waals surface area contributed by atoms with Crippen LogP contribution in [0.1, 0.15) is 50.3 Å². The van der Waals surface area contributed by atoms with Crippen LogP contribution in [0.15, 0.2) is 35.1 Å². The van der Waals surface area contributed by atoms with E-state index in [0.717, 1.165) is 49.3 Å². The number of aryl methyl sites for hydroxylation is 1. The lowest BCUT2D eigenvalue weighted by Crippen LogP contribution is -2.22. The van der Waals surface area contributed by atoms with Gasteiger partial charge in [0.05, 0.1) is 24.4 Å². The first-order valence-corrected chi connectivity index (χ1v) is 13.3. The second kappa shape index (κ2) is 14.3. The normalized spacial score (nSPS) is 13.7. The van der Waals surface area contributed by atoms with Gasteiger partial charge in [-0.2, -0.15) is 5.10 Å². The molecule has 0 atom stereocenters. The van der Waals surface area contributed by atoms with Crippen molar-refractivity contribution in [2.24, 2.45) is 0 Å². The van der Waals surface area contributed by atoms with Crippen LogP contribution < -0.4 is 20.5 Å². The monoisotopic (exact) mass is 554 g/mol. The molecule has 0 radical (unpaired) electrons. The summed E-state index contributed by atoms with van der Waals surface area (Å²) in [7, 11) is 5.68. The Bertz CT molecular complexity index is 1390. The lowest BCUT2D eigenvalue weighted by molar-refractivity contribution is -0.134. The fourth-order valence-electron chi connectivity index (χ4n) is 4.79. The minimum Gasteiger partial charge on any atom is -0.496 e. The number of aromatic amines is 1. The van der Waals surface area contributed by atoms with Crippen molar-refractivity contribution in [3.8, 4) is 17.1 Å². The average molecular weight is 555 g/mol. The molecule has 0 aliphatic heterocycles. The Morgan fingerprint density at radius 3 is 2.48 bits per heavy atom. The van der Waals surface area contributed by atoms with Crippen LogP contribution in [0, 0.1) is 6.92 Å². The number of fused-ring (bicyclic) bond motifs is 1. The predicted molar refractivity (Wildman–Crippen MR) is 153 cm³/mol. The second-order valence-corrected chi connectivity index (χ2v) is 9.71. The third-order valence-corrected chi connectivity index (χ3v) is 6.81. The van der Waals surface area contributed by atoms with E-state index < -0.39 is 11.9 Å². The van der Waals surface area contributed by atoms with Crippen molar-refractivity contribution in [2.45, 2.75) is 51.5 Å². The van der Waals surface area contributed by atoms with Gasteiger partial charge in [0.2, 0.25) is 0 Å². The lowest BCUT2D eigenvalue weighted by Gasteiger charge is -2.22. The molecule has 3 aromatic rings. The van der Waals surface area contributed by atoms with Crippen molar-refractivity contribution in [3.05, 3.63) is 46.4 Å². The number of H-pyrrole nitrogens is 1. The minimum atomic E-state index is -1.26. The fraction of sp³-hybridized carbons (Fsp3) is 0.464. The maximum Gasteiger partial charge on any atom is 0.328 e. The largest absolute Gasteiger partial charge is 0.496 e. The SMILES string of the molecule is CNCCCN(C)c1ccc(-c2nc3c(C)nn(C4CCCCC4)c3c(=O)[nH]2)c(OC)c1.O=C(O)/C=C/C(=O)O. The van der Waals surface area contributed by atoms with E-state index in [4.69, 9.17) is 25.0 Å². The molecule has 0 amide bonds. The summed E-state index contributed by atoms with van der Waals surface area (Å²) in [5, 5.41) is 23.5. The van der Waals surface area contributed by atoms with Gasteiger partial charge in [-0.25, -0.2) is 14.6 Å². The zero-order valence-electron chi connectivity index (χ0n) is 23.4. The third kappa shape index (κ3) is 7.69. The van der Waals surface area contributed by atoms with Crippen LogP contribution in [0.25, 0.3) is 22.4 Å². The summed E-state index contributed by atoms with van der Waals surface area (Å²) in [6, 6.07) is 6.28. The van der Waals surface area contributed by atoms with Gasteiger partial charge >= 0.3 is 11.9 Å². The van der Waals surface area contributed by atoms with E-state index in [1.54, 1.807) is 7.11 Å². The number of rotatable bonds is 10. The number of nitrogens with one attached hydrogen (secondary N) is 2. The van der Waals surface area contributed by atoms with Gasteiger partial charge in [0.1, 0.15) is 17.1 Å². The molecule has 1 aliphatic carbocycles. The number of hydrogen-bond acceptors (Lipinski definition) is 8. The smallest absolute Gasteiger partial charge is 0.328 e. The third-order valence-electron chi connectivity index (χ3n) is 6.81. The fourth-order valence-corrected chi connectivity index (χ4v) is 4.79. The Labute approximate surface area is 232 Å². The van der Waals surface area contributed by atoms with Crippen LogP contribution in [0.4, 0.5) is 5.69 Å². The van der Waals surface area contributed by atoms with Crippen LogP contribution in [0.3, 0.4) is 0 Å². The lowest BCUT2D eigenvalue weighted by atomic mass is 9.95. The van der Waals surface area contributed by atoms with Crippen LogP contribution in [-0.2, 0) is 9.59 Å². The number of benzene rings is 1. The van der Waals surface area contributed by atoms with Gasteiger partial charge in [-0.15, -0.1) is 0 Å². The first-order chi connectivity index (χ1) is 19.2. The van der Waals surface area contributed by atoms with Crippen LogP contribution in [0.5, 0.6) is 5.75 Å². The molecule has 216 valence electrons. The molecule has 4 N–H and O–H groups in total. The van der Waals surface area contributed by atoms with Gasteiger partial charge in [-0.1, -0.05) is 19.3 Å². The van der Waals surface area contributed by atoms with E-state index in [9.17, 15) is 14.4 Å². The number of aliphatic carboxylic acids is 2. The quantitative estimate of drug-likeness (QED) is 0.216. The van der Waals surface area contributed by atoms with Crippen LogP contribution >= 0.6 is 0 Å². The Morgan fingerprint density at radius 1 is 1.20 bits per heavy atom. The minimum absolute atomic E-state index is 0.147. The van der Waals surface area contributed by atoms with Gasteiger partial charge in [0.25, 0.3) is 5.56 Å². The number of nitrogens with zero attached hydrogens (tertiary/aromatic N) is 4. The summed E-state index contributed by atoms with van der Waals surface area (Å²) in [5.74, 6) is -1.32. The number of aromatic nitrogens is 4. The zero-order chi connectivity index (χ0) is 29.2. The van der Waals surface area contributed by atoms with Crippen molar-refractivity contribution >= 4 is 28.7 Å². The van der Waals surface area contributed by atoms with Crippen LogP contribution in [-0.4, -0.2) is 76.2 Å². The first kappa shape index (κ1) is 30.4. The molecule has 4 rings (SSSR count). The average Bonchev–Trinajstić information content (AvgIpc) is 3.29. The molecule has 1 fully saturated rings. The zero-order valence-corrected chi connectivity index (χ0v) is 23.4. The summed E-state index contributed by atoms with van der Waals surface area (Å²) < 4.78 is 7.59. The topological polar surface area (TPSA) is 163 Å². The Hall–Kier alpha value is -4.19. The van der Waals surface area contributed by atoms with E-state index >= 15 is 0 Å².